The van der Waals surface area contributed by atoms with E-state index in [2.05, 4.69) is 21.0 Å². The molecule has 8 heteroatoms. The van der Waals surface area contributed by atoms with Crippen molar-refractivity contribution in [3.05, 3.63) is 22.8 Å². The van der Waals surface area contributed by atoms with E-state index in [1.54, 1.807) is 6.07 Å². The molecule has 1 heterocycles. The molecule has 1 aromatic heterocycles. The quantitative estimate of drug-likeness (QED) is 0.444. The SMILES string of the molecule is CCC(C)NC(=O)CCNC(=O)c1nc(NN)ccc1Cl. The molecule has 1 atom stereocenters. The number of pyridine rings is 1. The molecule has 1 unspecified atom stereocenters. The summed E-state index contributed by atoms with van der Waals surface area (Å²) in [6.45, 7) is 4.11. The fourth-order valence-corrected chi connectivity index (χ4v) is 1.70. The number of halogens is 1. The van der Waals surface area contributed by atoms with Crippen LogP contribution in [0, 0.1) is 0 Å². The summed E-state index contributed by atoms with van der Waals surface area (Å²) in [5, 5.41) is 5.63. The van der Waals surface area contributed by atoms with Gasteiger partial charge in [0.05, 0.1) is 5.02 Å². The number of nitrogens with one attached hydrogen (secondary N) is 3. The lowest BCUT2D eigenvalue weighted by Gasteiger charge is -2.11. The molecular formula is C13H20ClN5O2. The molecule has 0 aromatic carbocycles. The average Bonchev–Trinajstić information content (AvgIpc) is 2.47. The molecule has 0 saturated heterocycles. The molecule has 21 heavy (non-hydrogen) atoms. The van der Waals surface area contributed by atoms with Gasteiger partial charge in [-0.15, -0.1) is 0 Å². The second kappa shape index (κ2) is 8.43. The number of nitrogens with zero attached hydrogens (tertiary/aromatic N) is 1. The number of amides is 2. The minimum atomic E-state index is -0.451. The predicted molar refractivity (Wildman–Crippen MR) is 81.9 cm³/mol. The first-order valence-electron chi connectivity index (χ1n) is 6.68. The van der Waals surface area contributed by atoms with Gasteiger partial charge >= 0.3 is 0 Å². The lowest BCUT2D eigenvalue weighted by Crippen LogP contribution is -2.35. The molecule has 0 saturated carbocycles. The number of nitrogen functional groups attached to an aromatic ring is 1. The van der Waals surface area contributed by atoms with E-state index >= 15 is 0 Å². The number of rotatable bonds is 7. The zero-order chi connectivity index (χ0) is 15.8. The van der Waals surface area contributed by atoms with Crippen LogP contribution in [0.3, 0.4) is 0 Å². The number of hydrogen-bond donors (Lipinski definition) is 4. The molecule has 7 nitrogen and oxygen atoms in total. The molecule has 0 aliphatic carbocycles. The van der Waals surface area contributed by atoms with Crippen LogP contribution in [-0.2, 0) is 4.79 Å². The van der Waals surface area contributed by atoms with Gasteiger partial charge in [0, 0.05) is 19.0 Å². The number of aromatic nitrogens is 1. The molecule has 5 N–H and O–H groups in total. The van der Waals surface area contributed by atoms with E-state index in [4.69, 9.17) is 17.4 Å². The van der Waals surface area contributed by atoms with E-state index in [9.17, 15) is 9.59 Å². The van der Waals surface area contributed by atoms with Crippen LogP contribution in [-0.4, -0.2) is 29.4 Å². The Kier molecular flexibility index (Phi) is 6.90. The highest BCUT2D eigenvalue weighted by Crippen LogP contribution is 2.15. The first-order chi connectivity index (χ1) is 9.97. The molecule has 0 bridgehead atoms. The normalized spacial score (nSPS) is 11.6. The molecule has 116 valence electrons. The van der Waals surface area contributed by atoms with Gasteiger partial charge in [-0.2, -0.15) is 0 Å². The van der Waals surface area contributed by atoms with Crippen LogP contribution in [0.15, 0.2) is 12.1 Å². The van der Waals surface area contributed by atoms with Gasteiger partial charge < -0.3 is 16.1 Å². The fraction of sp³-hybridized carbons (Fsp3) is 0.462. The van der Waals surface area contributed by atoms with Crippen LogP contribution >= 0.6 is 11.6 Å². The Balaban J connectivity index is 2.49. The van der Waals surface area contributed by atoms with E-state index in [-0.39, 0.29) is 35.6 Å². The third kappa shape index (κ3) is 5.57. The molecule has 0 fully saturated rings. The lowest BCUT2D eigenvalue weighted by molar-refractivity contribution is -0.121. The molecule has 1 aromatic rings. The second-order valence-corrected chi connectivity index (χ2v) is 4.96. The maximum absolute atomic E-state index is 11.9. The van der Waals surface area contributed by atoms with Crippen molar-refractivity contribution in [2.24, 2.45) is 5.84 Å². The van der Waals surface area contributed by atoms with Gasteiger partial charge in [-0.25, -0.2) is 10.8 Å². The highest BCUT2D eigenvalue weighted by atomic mass is 35.5. The van der Waals surface area contributed by atoms with Crippen molar-refractivity contribution < 1.29 is 9.59 Å². The van der Waals surface area contributed by atoms with Gasteiger partial charge in [0.1, 0.15) is 11.5 Å². The lowest BCUT2D eigenvalue weighted by atomic mass is 10.2. The Morgan fingerprint density at radius 3 is 2.76 bits per heavy atom. The maximum Gasteiger partial charge on any atom is 0.271 e. The Hall–Kier alpha value is -1.86. The third-order valence-corrected chi connectivity index (χ3v) is 3.17. The molecule has 0 radical (unpaired) electrons. The number of anilines is 1. The van der Waals surface area contributed by atoms with E-state index in [0.29, 0.717) is 5.82 Å². The summed E-state index contributed by atoms with van der Waals surface area (Å²) in [7, 11) is 0. The first-order valence-corrected chi connectivity index (χ1v) is 7.06. The topological polar surface area (TPSA) is 109 Å². The number of hydrazine groups is 1. The highest BCUT2D eigenvalue weighted by molar-refractivity contribution is 6.33. The van der Waals surface area contributed by atoms with E-state index in [1.165, 1.54) is 6.07 Å². The van der Waals surface area contributed by atoms with Crippen molar-refractivity contribution in [2.75, 3.05) is 12.0 Å². The van der Waals surface area contributed by atoms with Crippen LogP contribution in [0.25, 0.3) is 0 Å². The molecule has 2 amide bonds. The third-order valence-electron chi connectivity index (χ3n) is 2.87. The molecule has 0 spiro atoms. The smallest absolute Gasteiger partial charge is 0.271 e. The Morgan fingerprint density at radius 1 is 1.43 bits per heavy atom. The van der Waals surface area contributed by atoms with Crippen molar-refractivity contribution in [1.29, 1.82) is 0 Å². The summed E-state index contributed by atoms with van der Waals surface area (Å²) < 4.78 is 0. The van der Waals surface area contributed by atoms with Crippen molar-refractivity contribution in [2.45, 2.75) is 32.7 Å². The predicted octanol–water partition coefficient (Wildman–Crippen LogP) is 1.06. The zero-order valence-corrected chi connectivity index (χ0v) is 12.8. The van der Waals surface area contributed by atoms with Crippen LogP contribution in [0.5, 0.6) is 0 Å². The molecular weight excluding hydrogens is 294 g/mol. The maximum atomic E-state index is 11.9. The highest BCUT2D eigenvalue weighted by Gasteiger charge is 2.13. The summed E-state index contributed by atoms with van der Waals surface area (Å²) in [6, 6.07) is 3.20. The van der Waals surface area contributed by atoms with Crippen LogP contribution < -0.4 is 21.9 Å². The Morgan fingerprint density at radius 2 is 2.14 bits per heavy atom. The van der Waals surface area contributed by atoms with E-state index in [1.807, 2.05) is 13.8 Å². The molecule has 0 aliphatic rings. The largest absolute Gasteiger partial charge is 0.354 e. The summed E-state index contributed by atoms with van der Waals surface area (Å²) in [6.07, 6.45) is 1.05. The summed E-state index contributed by atoms with van der Waals surface area (Å²) in [4.78, 5) is 27.5. The number of carbonyl (C=O) groups excluding carboxylic acids is 2. The minimum absolute atomic E-state index is 0.0643. The van der Waals surface area contributed by atoms with Crippen molar-refractivity contribution in [3.8, 4) is 0 Å². The molecule has 0 aliphatic heterocycles. The van der Waals surface area contributed by atoms with E-state index in [0.717, 1.165) is 6.42 Å². The fourth-order valence-electron chi connectivity index (χ4n) is 1.50. The zero-order valence-electron chi connectivity index (χ0n) is 12.1. The van der Waals surface area contributed by atoms with Crippen LogP contribution in [0.2, 0.25) is 5.02 Å². The Labute approximate surface area is 128 Å². The minimum Gasteiger partial charge on any atom is -0.354 e. The average molecular weight is 314 g/mol. The van der Waals surface area contributed by atoms with Gasteiger partial charge in [-0.3, -0.25) is 9.59 Å². The van der Waals surface area contributed by atoms with Gasteiger partial charge in [-0.05, 0) is 25.5 Å². The van der Waals surface area contributed by atoms with Crippen LogP contribution in [0.4, 0.5) is 5.82 Å². The van der Waals surface area contributed by atoms with Crippen molar-refractivity contribution in [1.82, 2.24) is 15.6 Å². The molecule has 1 rings (SSSR count). The Bertz CT molecular complexity index is 509. The van der Waals surface area contributed by atoms with Crippen molar-refractivity contribution in [3.63, 3.8) is 0 Å². The summed E-state index contributed by atoms with van der Waals surface area (Å²) in [5.41, 5.74) is 2.40. The van der Waals surface area contributed by atoms with E-state index < -0.39 is 5.91 Å². The monoisotopic (exact) mass is 313 g/mol. The van der Waals surface area contributed by atoms with Crippen LogP contribution in [0.1, 0.15) is 37.2 Å². The summed E-state index contributed by atoms with van der Waals surface area (Å²) in [5.74, 6) is 5.00. The number of carbonyl (C=O) groups is 2. The van der Waals surface area contributed by atoms with Gasteiger partial charge in [0.25, 0.3) is 5.91 Å². The number of hydrogen-bond acceptors (Lipinski definition) is 5. The number of nitrogens with two attached hydrogens (primary N) is 1. The van der Waals surface area contributed by atoms with Gasteiger partial charge in [0.2, 0.25) is 5.91 Å². The van der Waals surface area contributed by atoms with Gasteiger partial charge in [0.15, 0.2) is 0 Å². The standard InChI is InChI=1S/C13H20ClN5O2/c1-3-8(2)17-11(20)6-7-16-13(21)12-9(14)4-5-10(18-12)19-15/h4-5,8H,3,6-7,15H2,1-2H3,(H,16,21)(H,17,20)(H,18,19). The van der Waals surface area contributed by atoms with Gasteiger partial charge in [-0.1, -0.05) is 18.5 Å². The summed E-state index contributed by atoms with van der Waals surface area (Å²) >= 11 is 5.91. The second-order valence-electron chi connectivity index (χ2n) is 4.55. The van der Waals surface area contributed by atoms with Crippen molar-refractivity contribution >= 4 is 29.2 Å². The first kappa shape index (κ1) is 17.2.